The van der Waals surface area contributed by atoms with Crippen LogP contribution < -0.4 is 10.1 Å². The number of hydrogen-bond acceptors (Lipinski definition) is 3. The summed E-state index contributed by atoms with van der Waals surface area (Å²) in [5.41, 5.74) is 1.93. The van der Waals surface area contributed by atoms with Gasteiger partial charge in [-0.05, 0) is 42.0 Å². The fraction of sp³-hybridized carbons (Fsp3) is 0.167. The van der Waals surface area contributed by atoms with Crippen LogP contribution in [0.4, 0.5) is 4.39 Å². The maximum atomic E-state index is 13.2. The van der Waals surface area contributed by atoms with Gasteiger partial charge in [0.25, 0.3) is 5.91 Å². The van der Waals surface area contributed by atoms with E-state index >= 15 is 0 Å². The number of fused-ring (bicyclic) bond motifs is 1. The number of aliphatic hydroxyl groups excluding tert-OH is 1. The molecule has 1 heterocycles. The van der Waals surface area contributed by atoms with Gasteiger partial charge in [-0.3, -0.25) is 4.79 Å². The Bertz CT molecular complexity index is 876. The van der Waals surface area contributed by atoms with Crippen molar-refractivity contribution in [3.8, 4) is 5.75 Å². The molecule has 0 aliphatic rings. The predicted molar refractivity (Wildman–Crippen MR) is 88.1 cm³/mol. The van der Waals surface area contributed by atoms with Gasteiger partial charge in [-0.25, -0.2) is 4.39 Å². The number of hydrogen-bond donors (Lipinski definition) is 3. The van der Waals surface area contributed by atoms with Crippen molar-refractivity contribution in [3.63, 3.8) is 0 Å². The van der Waals surface area contributed by atoms with Crippen LogP contribution in [0.25, 0.3) is 10.9 Å². The molecule has 0 radical (unpaired) electrons. The van der Waals surface area contributed by atoms with Crippen molar-refractivity contribution < 1.29 is 19.0 Å². The second-order valence-corrected chi connectivity index (χ2v) is 5.42. The molecule has 0 fully saturated rings. The summed E-state index contributed by atoms with van der Waals surface area (Å²) in [5.74, 6) is -0.334. The quantitative estimate of drug-likeness (QED) is 0.674. The van der Waals surface area contributed by atoms with Crippen LogP contribution in [-0.4, -0.2) is 23.1 Å². The summed E-state index contributed by atoms with van der Waals surface area (Å²) in [4.78, 5) is 15.2. The number of carbonyl (C=O) groups is 1. The number of aromatic nitrogens is 1. The molecule has 1 atom stereocenters. The van der Waals surface area contributed by atoms with Crippen LogP contribution in [0.5, 0.6) is 5.75 Å². The third-order valence-electron chi connectivity index (χ3n) is 3.75. The standard InChI is InChI=1S/C18H17FN2O3/c1-24-15-5-6-16-12(9-15)8-14(21-16)10-20-18(23)17(22)11-3-2-4-13(19)7-11/h2-9,17,21-22H,10H2,1H3,(H,20,23)/t17-/m0/s1. The molecular weight excluding hydrogens is 311 g/mol. The zero-order valence-corrected chi connectivity index (χ0v) is 13.0. The molecule has 2 aromatic carbocycles. The molecule has 0 aliphatic carbocycles. The number of carbonyl (C=O) groups excluding carboxylic acids is 1. The third kappa shape index (κ3) is 3.38. The second-order valence-electron chi connectivity index (χ2n) is 5.42. The largest absolute Gasteiger partial charge is 0.497 e. The monoisotopic (exact) mass is 328 g/mol. The number of aromatic amines is 1. The van der Waals surface area contributed by atoms with Crippen LogP contribution in [0.15, 0.2) is 48.5 Å². The Hall–Kier alpha value is -2.86. The zero-order valence-electron chi connectivity index (χ0n) is 13.0. The first-order chi connectivity index (χ1) is 11.6. The van der Waals surface area contributed by atoms with E-state index in [2.05, 4.69) is 10.3 Å². The van der Waals surface area contributed by atoms with E-state index in [-0.39, 0.29) is 12.1 Å². The first-order valence-corrected chi connectivity index (χ1v) is 7.43. The van der Waals surface area contributed by atoms with Crippen LogP contribution in [0, 0.1) is 5.82 Å². The number of aliphatic hydroxyl groups is 1. The normalized spacial score (nSPS) is 12.1. The van der Waals surface area contributed by atoms with E-state index < -0.39 is 17.8 Å². The first kappa shape index (κ1) is 16.0. The molecule has 3 N–H and O–H groups in total. The molecule has 124 valence electrons. The van der Waals surface area contributed by atoms with E-state index in [1.807, 2.05) is 24.3 Å². The van der Waals surface area contributed by atoms with Crippen LogP contribution in [-0.2, 0) is 11.3 Å². The molecule has 3 aromatic rings. The van der Waals surface area contributed by atoms with E-state index in [1.165, 1.54) is 18.2 Å². The summed E-state index contributed by atoms with van der Waals surface area (Å²) >= 11 is 0. The van der Waals surface area contributed by atoms with Crippen LogP contribution in [0.3, 0.4) is 0 Å². The number of benzene rings is 2. The summed E-state index contributed by atoms with van der Waals surface area (Å²) in [5, 5.41) is 13.6. The van der Waals surface area contributed by atoms with Crippen molar-refractivity contribution >= 4 is 16.8 Å². The fourth-order valence-corrected chi connectivity index (χ4v) is 2.50. The van der Waals surface area contributed by atoms with E-state index in [1.54, 1.807) is 7.11 Å². The lowest BCUT2D eigenvalue weighted by Gasteiger charge is -2.11. The lowest BCUT2D eigenvalue weighted by Crippen LogP contribution is -2.29. The Kier molecular flexibility index (Phi) is 4.48. The average molecular weight is 328 g/mol. The first-order valence-electron chi connectivity index (χ1n) is 7.43. The predicted octanol–water partition coefficient (Wildman–Crippen LogP) is 2.67. The average Bonchev–Trinajstić information content (AvgIpc) is 3.00. The highest BCUT2D eigenvalue weighted by molar-refractivity contribution is 5.83. The van der Waals surface area contributed by atoms with Gasteiger partial charge in [0.1, 0.15) is 11.6 Å². The van der Waals surface area contributed by atoms with Crippen molar-refractivity contribution in [2.45, 2.75) is 12.6 Å². The highest BCUT2D eigenvalue weighted by atomic mass is 19.1. The van der Waals surface area contributed by atoms with Crippen molar-refractivity contribution in [2.24, 2.45) is 0 Å². The van der Waals surface area contributed by atoms with Crippen LogP contribution >= 0.6 is 0 Å². The SMILES string of the molecule is COc1ccc2[nH]c(CNC(=O)[C@@H](O)c3cccc(F)c3)cc2c1. The number of H-pyrrole nitrogens is 1. The van der Waals surface area contributed by atoms with Crippen molar-refractivity contribution in [1.82, 2.24) is 10.3 Å². The third-order valence-corrected chi connectivity index (χ3v) is 3.75. The number of ether oxygens (including phenoxy) is 1. The highest BCUT2D eigenvalue weighted by Gasteiger charge is 2.17. The van der Waals surface area contributed by atoms with Crippen LogP contribution in [0.2, 0.25) is 0 Å². The number of amides is 1. The van der Waals surface area contributed by atoms with E-state index in [0.29, 0.717) is 0 Å². The molecule has 1 amide bonds. The Balaban J connectivity index is 1.67. The lowest BCUT2D eigenvalue weighted by atomic mass is 10.1. The molecule has 1 aromatic heterocycles. The molecule has 6 heteroatoms. The van der Waals surface area contributed by atoms with Crippen molar-refractivity contribution in [2.75, 3.05) is 7.11 Å². The van der Waals surface area contributed by atoms with E-state index in [4.69, 9.17) is 4.74 Å². The Morgan fingerprint density at radius 1 is 1.29 bits per heavy atom. The minimum atomic E-state index is -1.41. The van der Waals surface area contributed by atoms with Gasteiger partial charge in [-0.2, -0.15) is 0 Å². The second kappa shape index (κ2) is 6.72. The number of nitrogens with one attached hydrogen (secondary N) is 2. The van der Waals surface area contributed by atoms with Gasteiger partial charge in [0.05, 0.1) is 13.7 Å². The van der Waals surface area contributed by atoms with E-state index in [0.717, 1.165) is 28.4 Å². The van der Waals surface area contributed by atoms with Gasteiger partial charge in [0, 0.05) is 16.6 Å². The van der Waals surface area contributed by atoms with Gasteiger partial charge in [0.15, 0.2) is 6.10 Å². The summed E-state index contributed by atoms with van der Waals surface area (Å²) in [6, 6.07) is 12.9. The highest BCUT2D eigenvalue weighted by Crippen LogP contribution is 2.21. The maximum Gasteiger partial charge on any atom is 0.253 e. The number of methoxy groups -OCH3 is 1. The molecule has 0 unspecified atom stereocenters. The molecule has 0 bridgehead atoms. The van der Waals surface area contributed by atoms with Gasteiger partial charge in [-0.1, -0.05) is 12.1 Å². The lowest BCUT2D eigenvalue weighted by molar-refractivity contribution is -0.129. The number of rotatable bonds is 5. The molecule has 0 spiro atoms. The van der Waals surface area contributed by atoms with Gasteiger partial charge < -0.3 is 20.1 Å². The van der Waals surface area contributed by atoms with Gasteiger partial charge in [-0.15, -0.1) is 0 Å². The zero-order chi connectivity index (χ0) is 17.1. The minimum Gasteiger partial charge on any atom is -0.497 e. The molecule has 3 rings (SSSR count). The summed E-state index contributed by atoms with van der Waals surface area (Å²) < 4.78 is 18.3. The van der Waals surface area contributed by atoms with Crippen LogP contribution in [0.1, 0.15) is 17.4 Å². The number of halogens is 1. The Labute approximate surface area is 138 Å². The van der Waals surface area contributed by atoms with Gasteiger partial charge >= 0.3 is 0 Å². The fourth-order valence-electron chi connectivity index (χ4n) is 2.50. The van der Waals surface area contributed by atoms with Gasteiger partial charge in [0.2, 0.25) is 0 Å². The van der Waals surface area contributed by atoms with Crippen molar-refractivity contribution in [3.05, 3.63) is 65.6 Å². The molecule has 0 saturated heterocycles. The minimum absolute atomic E-state index is 0.217. The molecule has 0 saturated carbocycles. The van der Waals surface area contributed by atoms with E-state index in [9.17, 15) is 14.3 Å². The summed E-state index contributed by atoms with van der Waals surface area (Å²) in [6.07, 6.45) is -1.41. The molecule has 0 aliphatic heterocycles. The summed E-state index contributed by atoms with van der Waals surface area (Å²) in [6.45, 7) is 0.224. The molecule has 5 nitrogen and oxygen atoms in total. The Morgan fingerprint density at radius 3 is 2.88 bits per heavy atom. The molecular formula is C18H17FN2O3. The Morgan fingerprint density at radius 2 is 2.12 bits per heavy atom. The topological polar surface area (TPSA) is 74.3 Å². The smallest absolute Gasteiger partial charge is 0.253 e. The molecule has 24 heavy (non-hydrogen) atoms. The summed E-state index contributed by atoms with van der Waals surface area (Å²) in [7, 11) is 1.60. The maximum absolute atomic E-state index is 13.2. The van der Waals surface area contributed by atoms with Crippen molar-refractivity contribution in [1.29, 1.82) is 0 Å².